The Balaban J connectivity index is 3.26. The lowest BCUT2D eigenvalue weighted by atomic mass is 9.70. The van der Waals surface area contributed by atoms with E-state index in [1.807, 2.05) is 0 Å². The average Bonchev–Trinajstić information content (AvgIpc) is 2.47. The van der Waals surface area contributed by atoms with Gasteiger partial charge in [0.05, 0.1) is 0 Å². The van der Waals surface area contributed by atoms with Crippen molar-refractivity contribution in [2.45, 2.75) is 50.6 Å². The van der Waals surface area contributed by atoms with Gasteiger partial charge in [-0.15, -0.1) is 0 Å². The number of alkyl halides is 6. The van der Waals surface area contributed by atoms with Gasteiger partial charge < -0.3 is 5.11 Å². The monoisotopic (exact) mass is 250 g/mol. The predicted molar refractivity (Wildman–Crippen MR) is 43.6 cm³/mol. The smallest absolute Gasteiger partial charge is 0.373 e. The molecule has 96 valence electrons. The minimum absolute atomic E-state index is 0.269. The van der Waals surface area contributed by atoms with E-state index < -0.39 is 23.4 Å². The highest BCUT2D eigenvalue weighted by Gasteiger charge is 2.77. The number of aliphatic hydroxyl groups is 1. The molecule has 0 unspecified atom stereocenters. The fraction of sp³-hybridized carbons (Fsp3) is 1.00. The van der Waals surface area contributed by atoms with E-state index in [9.17, 15) is 31.4 Å². The Morgan fingerprint density at radius 3 is 1.44 bits per heavy atom. The summed E-state index contributed by atoms with van der Waals surface area (Å²) in [6, 6.07) is 0. The molecule has 7 heteroatoms. The van der Waals surface area contributed by atoms with E-state index in [0.29, 0.717) is 0 Å². The van der Waals surface area contributed by atoms with Crippen LogP contribution in [0.1, 0.15) is 32.6 Å². The van der Waals surface area contributed by atoms with Crippen molar-refractivity contribution in [1.29, 1.82) is 0 Å². The van der Waals surface area contributed by atoms with Crippen molar-refractivity contribution in [1.82, 2.24) is 0 Å². The van der Waals surface area contributed by atoms with E-state index in [-0.39, 0.29) is 25.7 Å². The molecule has 1 aliphatic rings. The largest absolute Gasteiger partial charge is 0.426 e. The molecule has 0 saturated heterocycles. The van der Waals surface area contributed by atoms with E-state index >= 15 is 0 Å². The first-order valence-electron chi connectivity index (χ1n) is 4.81. The van der Waals surface area contributed by atoms with Gasteiger partial charge in [0, 0.05) is 5.41 Å². The molecule has 1 aliphatic carbocycles. The highest BCUT2D eigenvalue weighted by atomic mass is 19.4. The summed E-state index contributed by atoms with van der Waals surface area (Å²) in [7, 11) is 0. The maximum absolute atomic E-state index is 12.5. The molecule has 0 amide bonds. The Morgan fingerprint density at radius 2 is 1.19 bits per heavy atom. The summed E-state index contributed by atoms with van der Waals surface area (Å²) in [5.74, 6) is 0. The molecule has 1 saturated carbocycles. The van der Waals surface area contributed by atoms with Crippen LogP contribution in [-0.4, -0.2) is 23.1 Å². The molecule has 0 heterocycles. The molecule has 16 heavy (non-hydrogen) atoms. The molecule has 0 aromatic heterocycles. The van der Waals surface area contributed by atoms with Crippen molar-refractivity contribution < 1.29 is 31.4 Å². The molecule has 1 fully saturated rings. The Morgan fingerprint density at radius 1 is 0.875 bits per heavy atom. The van der Waals surface area contributed by atoms with Crippen LogP contribution in [0.5, 0.6) is 0 Å². The number of halogens is 6. The zero-order valence-corrected chi connectivity index (χ0v) is 8.54. The maximum Gasteiger partial charge on any atom is 0.426 e. The van der Waals surface area contributed by atoms with E-state index in [2.05, 4.69) is 0 Å². The Bertz CT molecular complexity index is 246. The second kappa shape index (κ2) is 3.51. The minimum atomic E-state index is -5.70. The second-order valence-corrected chi connectivity index (χ2v) is 4.47. The van der Waals surface area contributed by atoms with Gasteiger partial charge in [0.1, 0.15) is 0 Å². The number of rotatable bonds is 1. The van der Waals surface area contributed by atoms with Gasteiger partial charge in [-0.25, -0.2) is 0 Å². The standard InChI is InChI=1S/C9H12F6O/c1-6(4-2-3-5-6)7(16,8(10,11)12)9(13,14)15/h16H,2-5H2,1H3. The first-order chi connectivity index (χ1) is 6.96. The Kier molecular flexibility index (Phi) is 2.99. The van der Waals surface area contributed by atoms with E-state index in [1.165, 1.54) is 0 Å². The van der Waals surface area contributed by atoms with Gasteiger partial charge >= 0.3 is 12.4 Å². The van der Waals surface area contributed by atoms with Crippen molar-refractivity contribution in [3.05, 3.63) is 0 Å². The molecule has 1 rings (SSSR count). The third-order valence-corrected chi connectivity index (χ3v) is 3.40. The SMILES string of the molecule is CC1(C(O)(C(F)(F)F)C(F)(F)F)CCCC1. The summed E-state index contributed by atoms with van der Waals surface area (Å²) in [5.41, 5.74) is -6.78. The third-order valence-electron chi connectivity index (χ3n) is 3.40. The lowest BCUT2D eigenvalue weighted by Gasteiger charge is -2.44. The van der Waals surface area contributed by atoms with Crippen molar-refractivity contribution in [2.24, 2.45) is 5.41 Å². The topological polar surface area (TPSA) is 20.2 Å². The lowest BCUT2D eigenvalue weighted by Crippen LogP contribution is -2.65. The molecular weight excluding hydrogens is 238 g/mol. The van der Waals surface area contributed by atoms with Crippen LogP contribution in [0.15, 0.2) is 0 Å². The van der Waals surface area contributed by atoms with Gasteiger partial charge in [0.25, 0.3) is 5.60 Å². The predicted octanol–water partition coefficient (Wildman–Crippen LogP) is 3.42. The van der Waals surface area contributed by atoms with Crippen LogP contribution in [0.2, 0.25) is 0 Å². The van der Waals surface area contributed by atoms with Crippen LogP contribution in [0.3, 0.4) is 0 Å². The number of hydrogen-bond donors (Lipinski definition) is 1. The van der Waals surface area contributed by atoms with Crippen LogP contribution in [0.4, 0.5) is 26.3 Å². The highest BCUT2D eigenvalue weighted by Crippen LogP contribution is 2.59. The molecular formula is C9H12F6O. The van der Waals surface area contributed by atoms with Crippen molar-refractivity contribution in [3.8, 4) is 0 Å². The summed E-state index contributed by atoms with van der Waals surface area (Å²) in [6.07, 6.45) is -11.4. The molecule has 1 N–H and O–H groups in total. The third kappa shape index (κ3) is 1.69. The van der Waals surface area contributed by atoms with Gasteiger partial charge in [-0.1, -0.05) is 19.8 Å². The van der Waals surface area contributed by atoms with Crippen molar-refractivity contribution in [3.63, 3.8) is 0 Å². The van der Waals surface area contributed by atoms with E-state index in [1.54, 1.807) is 0 Å². The molecule has 0 bridgehead atoms. The fourth-order valence-corrected chi connectivity index (χ4v) is 2.36. The lowest BCUT2D eigenvalue weighted by molar-refractivity contribution is -0.401. The normalized spacial score (nSPS) is 22.5. The molecule has 0 aromatic carbocycles. The summed E-state index contributed by atoms with van der Waals surface area (Å²) >= 11 is 0. The highest BCUT2D eigenvalue weighted by molar-refractivity contribution is 5.07. The number of hydrogen-bond acceptors (Lipinski definition) is 1. The van der Waals surface area contributed by atoms with Gasteiger partial charge in [-0.05, 0) is 12.8 Å². The summed E-state index contributed by atoms with van der Waals surface area (Å²) in [6.45, 7) is 0.848. The van der Waals surface area contributed by atoms with Crippen LogP contribution >= 0.6 is 0 Å². The summed E-state index contributed by atoms with van der Waals surface area (Å²) in [4.78, 5) is 0. The average molecular weight is 250 g/mol. The molecule has 1 nitrogen and oxygen atoms in total. The van der Waals surface area contributed by atoms with Gasteiger partial charge in [-0.3, -0.25) is 0 Å². The van der Waals surface area contributed by atoms with Crippen LogP contribution in [0, 0.1) is 5.41 Å². The fourth-order valence-electron chi connectivity index (χ4n) is 2.36. The quantitative estimate of drug-likeness (QED) is 0.707. The zero-order valence-electron chi connectivity index (χ0n) is 8.54. The summed E-state index contributed by atoms with van der Waals surface area (Å²) < 4.78 is 75.2. The first kappa shape index (κ1) is 13.6. The van der Waals surface area contributed by atoms with Crippen LogP contribution < -0.4 is 0 Å². The van der Waals surface area contributed by atoms with Crippen LogP contribution in [-0.2, 0) is 0 Å². The van der Waals surface area contributed by atoms with Gasteiger partial charge in [-0.2, -0.15) is 26.3 Å². The minimum Gasteiger partial charge on any atom is -0.373 e. The van der Waals surface area contributed by atoms with Gasteiger partial charge in [0.15, 0.2) is 0 Å². The maximum atomic E-state index is 12.5. The second-order valence-electron chi connectivity index (χ2n) is 4.47. The molecule has 0 spiro atoms. The molecule has 0 aliphatic heterocycles. The molecule has 0 atom stereocenters. The van der Waals surface area contributed by atoms with E-state index in [0.717, 1.165) is 6.92 Å². The van der Waals surface area contributed by atoms with E-state index in [4.69, 9.17) is 0 Å². The first-order valence-corrected chi connectivity index (χ1v) is 4.81. The molecule has 0 radical (unpaired) electrons. The van der Waals surface area contributed by atoms with Crippen LogP contribution in [0.25, 0.3) is 0 Å². The van der Waals surface area contributed by atoms with Crippen molar-refractivity contribution in [2.75, 3.05) is 0 Å². The van der Waals surface area contributed by atoms with Crippen molar-refractivity contribution >= 4 is 0 Å². The Labute approximate surface area is 88.4 Å². The summed E-state index contributed by atoms with van der Waals surface area (Å²) in [5, 5.41) is 9.19. The Hall–Kier alpha value is -0.460. The molecule has 0 aromatic rings. The van der Waals surface area contributed by atoms with Gasteiger partial charge in [0.2, 0.25) is 0 Å². The zero-order chi connectivity index (χ0) is 12.8.